The summed E-state index contributed by atoms with van der Waals surface area (Å²) in [6.07, 6.45) is 54.2. The summed E-state index contributed by atoms with van der Waals surface area (Å²) in [5.74, 6) is -1.09. The van der Waals surface area contributed by atoms with Gasteiger partial charge in [-0.3, -0.25) is 14.4 Å². The Labute approximate surface area is 330 Å². The van der Waals surface area contributed by atoms with Gasteiger partial charge < -0.3 is 14.2 Å². The summed E-state index contributed by atoms with van der Waals surface area (Å²) in [5.41, 5.74) is 0. The predicted molar refractivity (Wildman–Crippen MR) is 228 cm³/mol. The van der Waals surface area contributed by atoms with Crippen LogP contribution in [0.25, 0.3) is 0 Å². The average molecular weight is 749 g/mol. The van der Waals surface area contributed by atoms with Gasteiger partial charge in [0.25, 0.3) is 0 Å². The topological polar surface area (TPSA) is 78.9 Å². The Kier molecular flexibility index (Phi) is 39.2. The summed E-state index contributed by atoms with van der Waals surface area (Å²) in [5, 5.41) is 0. The van der Waals surface area contributed by atoms with Gasteiger partial charge in [-0.05, 0) is 77.0 Å². The van der Waals surface area contributed by atoms with Crippen LogP contribution < -0.4 is 0 Å². The van der Waals surface area contributed by atoms with E-state index in [1.165, 1.54) is 25.7 Å². The molecule has 0 N–H and O–H groups in total. The van der Waals surface area contributed by atoms with Crippen molar-refractivity contribution in [2.75, 3.05) is 13.2 Å². The van der Waals surface area contributed by atoms with E-state index in [1.54, 1.807) is 6.08 Å². The second-order valence-electron chi connectivity index (χ2n) is 13.5. The third-order valence-electron chi connectivity index (χ3n) is 8.41. The molecule has 0 fully saturated rings. The molecule has 0 saturated heterocycles. The molecule has 0 aliphatic heterocycles. The second-order valence-corrected chi connectivity index (χ2v) is 13.5. The summed E-state index contributed by atoms with van der Waals surface area (Å²) in [6, 6.07) is 0. The molecule has 0 radical (unpaired) electrons. The lowest BCUT2D eigenvalue weighted by molar-refractivity contribution is -0.166. The first-order chi connectivity index (χ1) is 26.5. The molecular formula is C48H76O6. The van der Waals surface area contributed by atoms with Gasteiger partial charge in [0.2, 0.25) is 0 Å². The lowest BCUT2D eigenvalue weighted by Gasteiger charge is -2.18. The van der Waals surface area contributed by atoms with Crippen LogP contribution in [-0.4, -0.2) is 37.2 Å². The van der Waals surface area contributed by atoms with Crippen LogP contribution in [0.4, 0.5) is 0 Å². The smallest absolute Gasteiger partial charge is 0.309 e. The van der Waals surface area contributed by atoms with Crippen LogP contribution in [0.3, 0.4) is 0 Å². The fraction of sp³-hybridized carbons (Fsp3) is 0.604. The van der Waals surface area contributed by atoms with Gasteiger partial charge in [0.15, 0.2) is 6.10 Å². The van der Waals surface area contributed by atoms with Crippen molar-refractivity contribution in [1.82, 2.24) is 0 Å². The van der Waals surface area contributed by atoms with Crippen LogP contribution in [0.1, 0.15) is 168 Å². The van der Waals surface area contributed by atoms with Crippen LogP contribution in [0.15, 0.2) is 97.2 Å². The number of hydrogen-bond donors (Lipinski definition) is 0. The normalized spacial score (nSPS) is 13.0. The molecule has 0 aliphatic rings. The van der Waals surface area contributed by atoms with Crippen LogP contribution in [0, 0.1) is 0 Å². The first kappa shape index (κ1) is 50.3. The number of esters is 3. The van der Waals surface area contributed by atoms with Crippen LogP contribution >= 0.6 is 0 Å². The second kappa shape index (κ2) is 42.1. The maximum Gasteiger partial charge on any atom is 0.309 e. The minimum absolute atomic E-state index is 0.119. The van der Waals surface area contributed by atoms with Crippen molar-refractivity contribution >= 4 is 17.9 Å². The van der Waals surface area contributed by atoms with E-state index in [0.29, 0.717) is 6.42 Å². The summed E-state index contributed by atoms with van der Waals surface area (Å²) < 4.78 is 16.5. The van der Waals surface area contributed by atoms with Gasteiger partial charge in [-0.15, -0.1) is 0 Å². The van der Waals surface area contributed by atoms with Crippen molar-refractivity contribution < 1.29 is 28.6 Å². The van der Waals surface area contributed by atoms with E-state index in [0.717, 1.165) is 103 Å². The monoisotopic (exact) mass is 749 g/mol. The molecule has 0 bridgehead atoms. The van der Waals surface area contributed by atoms with Gasteiger partial charge in [0.05, 0.1) is 6.42 Å². The Bertz CT molecular complexity index is 1140. The van der Waals surface area contributed by atoms with E-state index in [2.05, 4.69) is 106 Å². The van der Waals surface area contributed by atoms with Gasteiger partial charge in [-0.25, -0.2) is 0 Å². The van der Waals surface area contributed by atoms with Crippen molar-refractivity contribution in [1.29, 1.82) is 0 Å². The molecule has 0 heterocycles. The average Bonchev–Trinajstić information content (AvgIpc) is 3.17. The minimum atomic E-state index is -0.823. The first-order valence-corrected chi connectivity index (χ1v) is 21.3. The van der Waals surface area contributed by atoms with Gasteiger partial charge in [0.1, 0.15) is 13.2 Å². The molecule has 1 unspecified atom stereocenters. The SMILES string of the molecule is CC\C=C/C=C\C=C/CCCCCCCCCC(=O)OCC(COC(=O)C/C=C\C/C=C\C/C=C\CC)OC(=O)CCCCCCC/C=C\C/C=C\CC. The molecule has 6 nitrogen and oxygen atoms in total. The molecule has 0 rings (SSSR count). The number of ether oxygens (including phenoxy) is 3. The molecule has 0 aromatic heterocycles. The maximum atomic E-state index is 12.7. The van der Waals surface area contributed by atoms with Gasteiger partial charge in [0, 0.05) is 12.8 Å². The minimum Gasteiger partial charge on any atom is -0.462 e. The Morgan fingerprint density at radius 2 is 0.833 bits per heavy atom. The number of carbonyl (C=O) groups is 3. The van der Waals surface area contributed by atoms with Crippen molar-refractivity contribution in [3.63, 3.8) is 0 Å². The largest absolute Gasteiger partial charge is 0.462 e. The molecule has 6 heteroatoms. The Hall–Kier alpha value is -3.67. The highest BCUT2D eigenvalue weighted by Crippen LogP contribution is 2.12. The third kappa shape index (κ3) is 39.5. The number of carbonyl (C=O) groups excluding carboxylic acids is 3. The van der Waals surface area contributed by atoms with E-state index in [-0.39, 0.29) is 38.0 Å². The first-order valence-electron chi connectivity index (χ1n) is 21.3. The molecule has 1 atom stereocenters. The zero-order valence-corrected chi connectivity index (χ0v) is 34.4. The standard InChI is InChI=1S/C48H76O6/c1-4-7-10-13-16-19-21-23-24-25-27-29-32-35-38-41-47(50)53-44-45(43-52-46(49)40-37-34-31-28-18-15-12-9-6-3)54-48(51)42-39-36-33-30-26-22-20-17-14-11-8-5-2/h7-13,16-21,28,34,37,45H,4-6,14-15,22-27,29-33,35-36,38-44H2,1-3H3/b10-7-,11-8-,12-9-,16-13-,20-17-,21-19-,28-18-,37-34-. The van der Waals surface area contributed by atoms with Crippen LogP contribution in [0.5, 0.6) is 0 Å². The molecule has 0 aliphatic carbocycles. The van der Waals surface area contributed by atoms with Crippen LogP contribution in [-0.2, 0) is 28.6 Å². The van der Waals surface area contributed by atoms with Crippen molar-refractivity contribution in [2.24, 2.45) is 0 Å². The van der Waals surface area contributed by atoms with E-state index >= 15 is 0 Å². The van der Waals surface area contributed by atoms with Gasteiger partial charge in [-0.2, -0.15) is 0 Å². The van der Waals surface area contributed by atoms with E-state index < -0.39 is 12.1 Å². The fourth-order valence-corrected chi connectivity index (χ4v) is 5.30. The van der Waals surface area contributed by atoms with E-state index in [4.69, 9.17) is 14.2 Å². The predicted octanol–water partition coefficient (Wildman–Crippen LogP) is 13.5. The molecule has 0 spiro atoms. The van der Waals surface area contributed by atoms with Crippen molar-refractivity contribution in [2.45, 2.75) is 175 Å². The zero-order chi connectivity index (χ0) is 39.4. The van der Waals surface area contributed by atoms with Crippen molar-refractivity contribution in [3.8, 4) is 0 Å². The Morgan fingerprint density at radius 1 is 0.407 bits per heavy atom. The number of allylic oxidation sites excluding steroid dienone is 15. The molecule has 0 amide bonds. The van der Waals surface area contributed by atoms with E-state index in [9.17, 15) is 14.4 Å². The summed E-state index contributed by atoms with van der Waals surface area (Å²) in [6.45, 7) is 6.12. The van der Waals surface area contributed by atoms with Gasteiger partial charge >= 0.3 is 17.9 Å². The molecule has 304 valence electrons. The Balaban J connectivity index is 4.48. The molecule has 0 aromatic rings. The Morgan fingerprint density at radius 3 is 1.41 bits per heavy atom. The summed E-state index contributed by atoms with van der Waals surface area (Å²) in [7, 11) is 0. The zero-order valence-electron chi connectivity index (χ0n) is 34.4. The number of rotatable bonds is 36. The molecule has 54 heavy (non-hydrogen) atoms. The van der Waals surface area contributed by atoms with Gasteiger partial charge in [-0.1, -0.05) is 169 Å². The lowest BCUT2D eigenvalue weighted by Crippen LogP contribution is -2.30. The maximum absolute atomic E-state index is 12.7. The van der Waals surface area contributed by atoms with Crippen molar-refractivity contribution in [3.05, 3.63) is 97.2 Å². The highest BCUT2D eigenvalue weighted by molar-refractivity contribution is 5.72. The summed E-state index contributed by atoms with van der Waals surface area (Å²) in [4.78, 5) is 37.5. The molecule has 0 saturated carbocycles. The number of unbranched alkanes of at least 4 members (excludes halogenated alkanes) is 12. The molecule has 0 aromatic carbocycles. The number of hydrogen-bond acceptors (Lipinski definition) is 6. The highest BCUT2D eigenvalue weighted by atomic mass is 16.6. The van der Waals surface area contributed by atoms with E-state index in [1.807, 2.05) is 6.08 Å². The highest BCUT2D eigenvalue weighted by Gasteiger charge is 2.19. The third-order valence-corrected chi connectivity index (χ3v) is 8.41. The summed E-state index contributed by atoms with van der Waals surface area (Å²) >= 11 is 0. The van der Waals surface area contributed by atoms with Crippen LogP contribution in [0.2, 0.25) is 0 Å². The quantitative estimate of drug-likeness (QED) is 0.0209. The molecular weight excluding hydrogens is 673 g/mol. The fourth-order valence-electron chi connectivity index (χ4n) is 5.30. The lowest BCUT2D eigenvalue weighted by atomic mass is 10.1.